The molecule has 4 rings (SSSR count). The highest BCUT2D eigenvalue weighted by atomic mass is 35.5. The fraction of sp³-hybridized carbons (Fsp3) is 0.429. The Morgan fingerprint density at radius 3 is 2.55 bits per heavy atom. The largest absolute Gasteiger partial charge is 0.497 e. The van der Waals surface area contributed by atoms with Crippen molar-refractivity contribution in [1.82, 2.24) is 9.88 Å². The minimum absolute atomic E-state index is 0.0975. The van der Waals surface area contributed by atoms with Gasteiger partial charge in [-0.05, 0) is 74.4 Å². The summed E-state index contributed by atoms with van der Waals surface area (Å²) in [4.78, 5) is 18.2. The molecule has 1 aliphatic rings. The Labute approximate surface area is 229 Å². The average molecular weight is 567 g/mol. The van der Waals surface area contributed by atoms with Crippen molar-refractivity contribution in [2.45, 2.75) is 43.4 Å². The molecule has 0 spiro atoms. The number of nitrogens with zero attached hydrogens (tertiary/aromatic N) is 2. The number of piperidine rings is 1. The van der Waals surface area contributed by atoms with Gasteiger partial charge in [-0.1, -0.05) is 11.6 Å². The average Bonchev–Trinajstić information content (AvgIpc) is 2.87. The summed E-state index contributed by atoms with van der Waals surface area (Å²) in [5.74, 6) is -2.37. The van der Waals surface area contributed by atoms with Crippen LogP contribution >= 0.6 is 23.4 Å². The van der Waals surface area contributed by atoms with Gasteiger partial charge in [0.2, 0.25) is 0 Å². The molecule has 1 fully saturated rings. The number of hydrogen-bond donors (Lipinski definition) is 1. The number of halogens is 4. The van der Waals surface area contributed by atoms with Gasteiger partial charge in [0.15, 0.2) is 0 Å². The normalized spacial score (nSPS) is 15.6. The number of aryl methyl sites for hydroxylation is 1. The maximum Gasteiger partial charge on any atom is 0.303 e. The Bertz CT molecular complexity index is 1280. The number of likely N-dealkylation sites (tertiary alicyclic amines) is 1. The number of fused-ring (bicyclic) bond motifs is 1. The van der Waals surface area contributed by atoms with Crippen molar-refractivity contribution in [2.24, 2.45) is 5.41 Å². The third-order valence-corrected chi connectivity index (χ3v) is 8.72. The lowest BCUT2D eigenvalue weighted by Crippen LogP contribution is -2.42. The summed E-state index contributed by atoms with van der Waals surface area (Å²) < 4.78 is 46.3. The predicted octanol–water partition coefficient (Wildman–Crippen LogP) is 6.99. The molecule has 38 heavy (non-hydrogen) atoms. The van der Waals surface area contributed by atoms with Crippen LogP contribution in [0.3, 0.4) is 0 Å². The molecule has 2 heterocycles. The first-order chi connectivity index (χ1) is 18.2. The lowest BCUT2D eigenvalue weighted by Gasteiger charge is -2.41. The molecule has 3 aromatic rings. The van der Waals surface area contributed by atoms with Crippen LogP contribution in [0.15, 0.2) is 41.4 Å². The first kappa shape index (κ1) is 28.5. The lowest BCUT2D eigenvalue weighted by atomic mass is 9.72. The van der Waals surface area contributed by atoms with Crippen LogP contribution in [0.5, 0.6) is 5.75 Å². The predicted molar refractivity (Wildman–Crippen MR) is 144 cm³/mol. The van der Waals surface area contributed by atoms with Crippen molar-refractivity contribution < 1.29 is 27.8 Å². The van der Waals surface area contributed by atoms with Gasteiger partial charge in [-0.15, -0.1) is 11.8 Å². The molecule has 2 aromatic carbocycles. The van der Waals surface area contributed by atoms with Crippen molar-refractivity contribution in [3.05, 3.63) is 64.6 Å². The van der Waals surface area contributed by atoms with E-state index in [0.717, 1.165) is 59.7 Å². The van der Waals surface area contributed by atoms with E-state index in [9.17, 15) is 23.1 Å². The van der Waals surface area contributed by atoms with E-state index in [2.05, 4.69) is 9.88 Å². The van der Waals surface area contributed by atoms with E-state index < -0.39 is 23.4 Å². The number of rotatable bonds is 11. The summed E-state index contributed by atoms with van der Waals surface area (Å²) in [5.41, 5.74) is 1.49. The van der Waals surface area contributed by atoms with Crippen molar-refractivity contribution in [2.75, 3.05) is 32.5 Å². The van der Waals surface area contributed by atoms with Gasteiger partial charge in [0, 0.05) is 36.0 Å². The Kier molecular flexibility index (Phi) is 9.44. The van der Waals surface area contributed by atoms with Crippen LogP contribution in [0, 0.1) is 22.9 Å². The van der Waals surface area contributed by atoms with Gasteiger partial charge in [0.25, 0.3) is 0 Å². The van der Waals surface area contributed by atoms with Crippen molar-refractivity contribution >= 4 is 40.2 Å². The van der Waals surface area contributed by atoms with Gasteiger partial charge in [-0.2, -0.15) is 0 Å². The van der Waals surface area contributed by atoms with E-state index in [-0.39, 0.29) is 16.7 Å². The number of aromatic nitrogens is 1. The van der Waals surface area contributed by atoms with Crippen molar-refractivity contribution in [3.63, 3.8) is 0 Å². The van der Waals surface area contributed by atoms with E-state index in [4.69, 9.17) is 16.3 Å². The molecule has 0 amide bonds. The van der Waals surface area contributed by atoms with Crippen LogP contribution in [0.4, 0.5) is 13.2 Å². The fourth-order valence-corrected chi connectivity index (χ4v) is 6.45. The quantitative estimate of drug-likeness (QED) is 0.252. The Morgan fingerprint density at radius 1 is 1.18 bits per heavy atom. The molecule has 0 unspecified atom stereocenters. The number of pyridine rings is 1. The molecule has 0 aliphatic carbocycles. The highest BCUT2D eigenvalue weighted by Gasteiger charge is 2.36. The van der Waals surface area contributed by atoms with Crippen LogP contribution in [-0.4, -0.2) is 53.5 Å². The van der Waals surface area contributed by atoms with E-state index in [1.807, 2.05) is 18.2 Å². The summed E-state index contributed by atoms with van der Waals surface area (Å²) in [6.07, 6.45) is 5.42. The number of carboxylic acid groups (broad SMARTS) is 1. The first-order valence-electron chi connectivity index (χ1n) is 12.5. The third-order valence-electron chi connectivity index (χ3n) is 7.33. The number of thioether (sulfide) groups is 1. The van der Waals surface area contributed by atoms with E-state index in [0.29, 0.717) is 49.0 Å². The Balaban J connectivity index is 1.35. The summed E-state index contributed by atoms with van der Waals surface area (Å²) in [6, 6.07) is 7.05. The van der Waals surface area contributed by atoms with Crippen LogP contribution < -0.4 is 4.74 Å². The highest BCUT2D eigenvalue weighted by Crippen LogP contribution is 2.41. The van der Waals surface area contributed by atoms with Gasteiger partial charge >= 0.3 is 5.97 Å². The van der Waals surface area contributed by atoms with Crippen LogP contribution in [-0.2, 0) is 11.2 Å². The SMILES string of the molecule is COc1ccc2ncc(Cl)c(CCCC3(CC(=O)O)CCN(CCSc4c(F)cc(F)cc4F)CC3)c2c1. The molecule has 5 nitrogen and oxygen atoms in total. The van der Waals surface area contributed by atoms with Crippen LogP contribution in [0.2, 0.25) is 5.02 Å². The summed E-state index contributed by atoms with van der Waals surface area (Å²) in [6.45, 7) is 2.02. The molecule has 0 saturated carbocycles. The molecular weight excluding hydrogens is 537 g/mol. The molecule has 0 bridgehead atoms. The standard InChI is InChI=1S/C28H30ClF3N2O3S/c1-37-19-4-5-25-21(15-19)20(22(29)17-33-25)3-2-6-28(16-26(35)36)7-9-34(10-8-28)11-12-38-27-23(31)13-18(30)14-24(27)32/h4-5,13-15,17H,2-3,6-12,16H2,1H3,(H,35,36). The van der Waals surface area contributed by atoms with Gasteiger partial charge in [0.1, 0.15) is 23.2 Å². The topological polar surface area (TPSA) is 62.7 Å². The second kappa shape index (κ2) is 12.6. The minimum Gasteiger partial charge on any atom is -0.497 e. The maximum atomic E-state index is 13.9. The van der Waals surface area contributed by atoms with Gasteiger partial charge < -0.3 is 14.7 Å². The number of hydrogen-bond acceptors (Lipinski definition) is 5. The third kappa shape index (κ3) is 6.93. The monoisotopic (exact) mass is 566 g/mol. The van der Waals surface area contributed by atoms with Gasteiger partial charge in [-0.25, -0.2) is 13.2 Å². The highest BCUT2D eigenvalue weighted by molar-refractivity contribution is 7.99. The molecular formula is C28H30ClF3N2O3S. The smallest absolute Gasteiger partial charge is 0.303 e. The summed E-state index contributed by atoms with van der Waals surface area (Å²) >= 11 is 7.53. The maximum absolute atomic E-state index is 13.9. The summed E-state index contributed by atoms with van der Waals surface area (Å²) in [5, 5.41) is 11.2. The van der Waals surface area contributed by atoms with Gasteiger partial charge in [-0.3, -0.25) is 9.78 Å². The Morgan fingerprint density at radius 2 is 1.89 bits per heavy atom. The van der Waals surface area contributed by atoms with E-state index in [1.165, 1.54) is 0 Å². The zero-order chi connectivity index (χ0) is 27.3. The number of carbonyl (C=O) groups is 1. The van der Waals surface area contributed by atoms with Crippen LogP contribution in [0.1, 0.15) is 37.7 Å². The fourth-order valence-electron chi connectivity index (χ4n) is 5.25. The zero-order valence-corrected chi connectivity index (χ0v) is 22.7. The number of aliphatic carboxylic acids is 1. The summed E-state index contributed by atoms with van der Waals surface area (Å²) in [7, 11) is 1.61. The second-order valence-corrected chi connectivity index (χ2v) is 11.3. The molecule has 1 aliphatic heterocycles. The number of benzene rings is 2. The van der Waals surface area contributed by atoms with E-state index >= 15 is 0 Å². The molecule has 1 saturated heterocycles. The second-order valence-electron chi connectivity index (χ2n) is 9.78. The molecule has 0 radical (unpaired) electrons. The molecule has 0 atom stereocenters. The molecule has 1 aromatic heterocycles. The van der Waals surface area contributed by atoms with Crippen LogP contribution in [0.25, 0.3) is 10.9 Å². The number of carboxylic acids is 1. The molecule has 10 heteroatoms. The van der Waals surface area contributed by atoms with Crippen molar-refractivity contribution in [1.29, 1.82) is 0 Å². The van der Waals surface area contributed by atoms with Crippen molar-refractivity contribution in [3.8, 4) is 5.75 Å². The van der Waals surface area contributed by atoms with E-state index in [1.54, 1.807) is 13.3 Å². The zero-order valence-electron chi connectivity index (χ0n) is 21.1. The number of methoxy groups -OCH3 is 1. The lowest BCUT2D eigenvalue weighted by molar-refractivity contribution is -0.140. The first-order valence-corrected chi connectivity index (χ1v) is 13.9. The minimum atomic E-state index is -0.936. The van der Waals surface area contributed by atoms with Gasteiger partial charge in [0.05, 0.1) is 29.0 Å². The Hall–Kier alpha value is -2.49. The molecule has 204 valence electrons. The molecule has 1 N–H and O–H groups in total. The number of ether oxygens (including phenoxy) is 1.